The lowest BCUT2D eigenvalue weighted by molar-refractivity contribution is -0.137. The minimum atomic E-state index is -4.39. The molecule has 0 saturated carbocycles. The molecule has 2 N–H and O–H groups in total. The van der Waals surface area contributed by atoms with Crippen LogP contribution >= 0.6 is 0 Å². The largest absolute Gasteiger partial charge is 0.416 e. The molecule has 0 saturated heterocycles. The van der Waals surface area contributed by atoms with E-state index in [1.807, 2.05) is 12.1 Å². The van der Waals surface area contributed by atoms with Crippen LogP contribution in [0.25, 0.3) is 0 Å². The summed E-state index contributed by atoms with van der Waals surface area (Å²) in [4.78, 5) is 8.04. The second kappa shape index (κ2) is 6.43. The lowest BCUT2D eigenvalue weighted by Crippen LogP contribution is -2.11. The molecule has 0 atom stereocenters. The van der Waals surface area contributed by atoms with Crippen molar-refractivity contribution in [1.29, 1.82) is 0 Å². The lowest BCUT2D eigenvalue weighted by Gasteiger charge is -2.12. The Morgan fingerprint density at radius 2 is 1.95 bits per heavy atom. The van der Waals surface area contributed by atoms with Crippen LogP contribution in [0.1, 0.15) is 11.1 Å². The molecule has 0 spiro atoms. The third kappa shape index (κ3) is 4.34. The predicted octanol–water partition coefficient (Wildman–Crippen LogP) is 3.19. The van der Waals surface area contributed by atoms with E-state index in [-0.39, 0.29) is 11.6 Å². The molecule has 0 amide bonds. The van der Waals surface area contributed by atoms with Gasteiger partial charge in [0, 0.05) is 26.0 Å². The number of pyridine rings is 2. The molecule has 0 aromatic carbocycles. The second-order valence-corrected chi connectivity index (χ2v) is 4.41. The van der Waals surface area contributed by atoms with Crippen LogP contribution in [0.15, 0.2) is 36.7 Å². The summed E-state index contributed by atoms with van der Waals surface area (Å²) in [5.74, 6) is 0.367. The van der Waals surface area contributed by atoms with Crippen molar-refractivity contribution in [3.63, 3.8) is 0 Å². The molecule has 0 fully saturated rings. The van der Waals surface area contributed by atoms with Crippen molar-refractivity contribution in [1.82, 2.24) is 9.97 Å². The maximum absolute atomic E-state index is 12.8. The van der Waals surface area contributed by atoms with Gasteiger partial charge in [0.05, 0.1) is 5.56 Å². The summed E-state index contributed by atoms with van der Waals surface area (Å²) < 4.78 is 38.3. The number of hydrogen-bond acceptors (Lipinski definition) is 4. The van der Waals surface area contributed by atoms with E-state index in [9.17, 15) is 13.2 Å². The van der Waals surface area contributed by atoms with Crippen LogP contribution in [-0.2, 0) is 12.6 Å². The Labute approximate surface area is 120 Å². The van der Waals surface area contributed by atoms with Crippen molar-refractivity contribution in [3.8, 4) is 0 Å². The topological polar surface area (TPSA) is 49.8 Å². The van der Waals surface area contributed by atoms with E-state index in [0.717, 1.165) is 17.7 Å². The van der Waals surface area contributed by atoms with Crippen molar-refractivity contribution < 1.29 is 13.2 Å². The van der Waals surface area contributed by atoms with E-state index in [2.05, 4.69) is 20.6 Å². The molecular formula is C14H15F3N4. The molecule has 7 heteroatoms. The third-order valence-electron chi connectivity index (χ3n) is 2.85. The maximum atomic E-state index is 12.8. The average molecular weight is 296 g/mol. The van der Waals surface area contributed by atoms with Crippen molar-refractivity contribution in [2.45, 2.75) is 12.6 Å². The Bertz CT molecular complexity index is 585. The van der Waals surface area contributed by atoms with Gasteiger partial charge in [-0.2, -0.15) is 13.2 Å². The molecule has 2 aromatic heterocycles. The first-order valence-electron chi connectivity index (χ1n) is 6.39. The van der Waals surface area contributed by atoms with E-state index in [1.165, 1.54) is 7.05 Å². The highest BCUT2D eigenvalue weighted by molar-refractivity contribution is 5.49. The van der Waals surface area contributed by atoms with Crippen molar-refractivity contribution in [3.05, 3.63) is 47.8 Å². The zero-order valence-corrected chi connectivity index (χ0v) is 11.4. The van der Waals surface area contributed by atoms with Gasteiger partial charge in [0.2, 0.25) is 0 Å². The molecule has 0 radical (unpaired) electrons. The molecule has 0 bridgehead atoms. The predicted molar refractivity (Wildman–Crippen MR) is 75.2 cm³/mol. The molecule has 112 valence electrons. The van der Waals surface area contributed by atoms with Crippen molar-refractivity contribution in [2.24, 2.45) is 0 Å². The standard InChI is InChI=1S/C14H15F3N4/c1-18-12-7-11(14(15,16)17)8-13(21-12)20-6-4-10-3-2-5-19-9-10/h2-3,5,7-9H,4,6H2,1H3,(H2,18,20,21). The smallest absolute Gasteiger partial charge is 0.373 e. The van der Waals surface area contributed by atoms with Gasteiger partial charge < -0.3 is 10.6 Å². The van der Waals surface area contributed by atoms with Crippen LogP contribution in [-0.4, -0.2) is 23.6 Å². The van der Waals surface area contributed by atoms with Crippen LogP contribution in [0.2, 0.25) is 0 Å². The first-order chi connectivity index (χ1) is 9.99. The number of alkyl halides is 3. The van der Waals surface area contributed by atoms with E-state index in [0.29, 0.717) is 13.0 Å². The zero-order chi connectivity index (χ0) is 15.3. The minimum Gasteiger partial charge on any atom is -0.373 e. The third-order valence-corrected chi connectivity index (χ3v) is 2.85. The highest BCUT2D eigenvalue weighted by Gasteiger charge is 2.31. The molecule has 4 nitrogen and oxygen atoms in total. The van der Waals surface area contributed by atoms with E-state index in [4.69, 9.17) is 0 Å². The van der Waals surface area contributed by atoms with Gasteiger partial charge in [-0.05, 0) is 30.2 Å². The zero-order valence-electron chi connectivity index (χ0n) is 11.4. The van der Waals surface area contributed by atoms with Gasteiger partial charge in [0.15, 0.2) is 0 Å². The summed E-state index contributed by atoms with van der Waals surface area (Å²) in [5, 5.41) is 5.53. The number of nitrogens with zero attached hydrogens (tertiary/aromatic N) is 2. The van der Waals surface area contributed by atoms with Gasteiger partial charge in [-0.15, -0.1) is 0 Å². The number of halogens is 3. The molecule has 0 aliphatic carbocycles. The quantitative estimate of drug-likeness (QED) is 0.889. The van der Waals surface area contributed by atoms with Crippen LogP contribution in [0.3, 0.4) is 0 Å². The fourth-order valence-electron chi connectivity index (χ4n) is 1.79. The molecule has 0 unspecified atom stereocenters. The molecule has 21 heavy (non-hydrogen) atoms. The maximum Gasteiger partial charge on any atom is 0.416 e. The van der Waals surface area contributed by atoms with Crippen molar-refractivity contribution >= 4 is 11.6 Å². The first kappa shape index (κ1) is 15.1. The number of aromatic nitrogens is 2. The van der Waals surface area contributed by atoms with Gasteiger partial charge in [-0.3, -0.25) is 4.98 Å². The summed E-state index contributed by atoms with van der Waals surface area (Å²) in [6.07, 6.45) is -0.347. The molecule has 2 heterocycles. The van der Waals surface area contributed by atoms with Crippen LogP contribution < -0.4 is 10.6 Å². The SMILES string of the molecule is CNc1cc(C(F)(F)F)cc(NCCc2cccnc2)n1. The normalized spacial score (nSPS) is 11.2. The first-order valence-corrected chi connectivity index (χ1v) is 6.39. The van der Waals surface area contributed by atoms with E-state index < -0.39 is 11.7 Å². The average Bonchev–Trinajstić information content (AvgIpc) is 2.47. The fraction of sp³-hybridized carbons (Fsp3) is 0.286. The highest BCUT2D eigenvalue weighted by Crippen LogP contribution is 2.31. The van der Waals surface area contributed by atoms with Gasteiger partial charge in [0.1, 0.15) is 11.6 Å². The summed E-state index contributed by atoms with van der Waals surface area (Å²) >= 11 is 0. The lowest BCUT2D eigenvalue weighted by atomic mass is 10.2. The Morgan fingerprint density at radius 1 is 1.19 bits per heavy atom. The highest BCUT2D eigenvalue weighted by atomic mass is 19.4. The Balaban J connectivity index is 2.05. The number of rotatable bonds is 5. The van der Waals surface area contributed by atoms with E-state index >= 15 is 0 Å². The van der Waals surface area contributed by atoms with Crippen LogP contribution in [0.4, 0.5) is 24.8 Å². The van der Waals surface area contributed by atoms with Crippen LogP contribution in [0, 0.1) is 0 Å². The van der Waals surface area contributed by atoms with Crippen molar-refractivity contribution in [2.75, 3.05) is 24.2 Å². The molecule has 0 aliphatic rings. The minimum absolute atomic E-state index is 0.175. The number of anilines is 2. The molecule has 2 aromatic rings. The van der Waals surface area contributed by atoms with Gasteiger partial charge in [0.25, 0.3) is 0 Å². The van der Waals surface area contributed by atoms with E-state index in [1.54, 1.807) is 12.4 Å². The monoisotopic (exact) mass is 296 g/mol. The Morgan fingerprint density at radius 3 is 2.57 bits per heavy atom. The Hall–Kier alpha value is -2.31. The second-order valence-electron chi connectivity index (χ2n) is 4.41. The summed E-state index contributed by atoms with van der Waals surface area (Å²) in [6.45, 7) is 0.475. The van der Waals surface area contributed by atoms with Gasteiger partial charge in [-0.1, -0.05) is 6.07 Å². The van der Waals surface area contributed by atoms with Crippen LogP contribution in [0.5, 0.6) is 0 Å². The fourth-order valence-corrected chi connectivity index (χ4v) is 1.79. The summed E-state index contributed by atoms with van der Waals surface area (Å²) in [5.41, 5.74) is 0.275. The molecule has 2 rings (SSSR count). The summed E-state index contributed by atoms with van der Waals surface area (Å²) in [7, 11) is 1.53. The van der Waals surface area contributed by atoms with Gasteiger partial charge >= 0.3 is 6.18 Å². The number of nitrogens with one attached hydrogen (secondary N) is 2. The summed E-state index contributed by atoms with van der Waals surface area (Å²) in [6, 6.07) is 5.71. The Kier molecular flexibility index (Phi) is 4.62. The molecule has 0 aliphatic heterocycles. The number of hydrogen-bond donors (Lipinski definition) is 2. The molecular weight excluding hydrogens is 281 g/mol. The van der Waals surface area contributed by atoms with Gasteiger partial charge in [-0.25, -0.2) is 4.98 Å².